The topological polar surface area (TPSA) is 77.1 Å². The lowest BCUT2D eigenvalue weighted by Crippen LogP contribution is -2.47. The molecular formula is C20H40N2O5Si. The van der Waals surface area contributed by atoms with Gasteiger partial charge in [0.05, 0.1) is 12.6 Å². The minimum absolute atomic E-state index is 0.212. The lowest BCUT2D eigenvalue weighted by molar-refractivity contribution is 0.0359. The van der Waals surface area contributed by atoms with E-state index in [1.165, 1.54) is 4.90 Å². The zero-order valence-electron chi connectivity index (χ0n) is 18.8. The third-order valence-corrected chi connectivity index (χ3v) is 6.18. The third-order valence-electron chi connectivity index (χ3n) is 4.48. The number of ether oxygens (including phenoxy) is 3. The largest absolute Gasteiger partial charge is 0.450 e. The van der Waals surface area contributed by atoms with Crippen LogP contribution in [0.4, 0.5) is 9.59 Å². The molecule has 1 aliphatic rings. The molecule has 0 aromatic rings. The Morgan fingerprint density at radius 2 is 1.96 bits per heavy atom. The number of alkyl carbamates (subject to hydrolysis) is 1. The Kier molecular flexibility index (Phi) is 9.76. The van der Waals surface area contributed by atoms with Crippen LogP contribution in [0, 0.1) is 5.92 Å². The fourth-order valence-corrected chi connectivity index (χ4v) is 3.72. The Labute approximate surface area is 171 Å². The predicted octanol–water partition coefficient (Wildman–Crippen LogP) is 4.10. The third kappa shape index (κ3) is 11.5. The van der Waals surface area contributed by atoms with E-state index in [9.17, 15) is 9.59 Å². The Balaban J connectivity index is 2.61. The van der Waals surface area contributed by atoms with Crippen LogP contribution >= 0.6 is 0 Å². The van der Waals surface area contributed by atoms with Gasteiger partial charge in [-0.25, -0.2) is 9.59 Å². The van der Waals surface area contributed by atoms with Crippen molar-refractivity contribution in [2.24, 2.45) is 5.92 Å². The Morgan fingerprint density at radius 3 is 2.50 bits per heavy atom. The fraction of sp³-hybridized carbons (Fsp3) is 0.900. The first kappa shape index (κ1) is 24.8. The molecule has 0 aromatic heterocycles. The van der Waals surface area contributed by atoms with Crippen LogP contribution in [0.5, 0.6) is 0 Å². The summed E-state index contributed by atoms with van der Waals surface area (Å²) in [7, 11) is 0.458. The first-order chi connectivity index (χ1) is 12.9. The highest BCUT2D eigenvalue weighted by Crippen LogP contribution is 2.20. The number of nitrogens with zero attached hydrogens (tertiary/aromatic N) is 1. The molecule has 0 bridgehead atoms. The van der Waals surface area contributed by atoms with Crippen molar-refractivity contribution < 1.29 is 23.8 Å². The molecule has 0 radical (unpaired) electrons. The summed E-state index contributed by atoms with van der Waals surface area (Å²) in [6.07, 6.45) is 2.02. The summed E-state index contributed by atoms with van der Waals surface area (Å²) < 4.78 is 16.4. The van der Waals surface area contributed by atoms with E-state index in [0.29, 0.717) is 25.7 Å². The van der Waals surface area contributed by atoms with Crippen molar-refractivity contribution in [2.45, 2.75) is 77.4 Å². The maximum absolute atomic E-state index is 12.3. The van der Waals surface area contributed by atoms with Crippen molar-refractivity contribution in [1.82, 2.24) is 10.2 Å². The molecule has 2 amide bonds. The lowest BCUT2D eigenvalue weighted by atomic mass is 9.94. The van der Waals surface area contributed by atoms with Crippen LogP contribution in [0.15, 0.2) is 0 Å². The Morgan fingerprint density at radius 1 is 1.29 bits per heavy atom. The summed E-state index contributed by atoms with van der Waals surface area (Å²) in [5.74, 6) is 0.366. The summed E-state index contributed by atoms with van der Waals surface area (Å²) in [6, 6.07) is 0.724. The average Bonchev–Trinajstić information content (AvgIpc) is 2.52. The number of amides is 2. The summed E-state index contributed by atoms with van der Waals surface area (Å²) in [5, 5.41) is 2.93. The number of likely N-dealkylation sites (N-methyl/N-ethyl adjacent to an activating group) is 1. The van der Waals surface area contributed by atoms with Crippen LogP contribution in [0.1, 0.15) is 40.0 Å². The molecule has 0 aliphatic carbocycles. The van der Waals surface area contributed by atoms with Gasteiger partial charge in [0.1, 0.15) is 5.60 Å². The maximum Gasteiger partial charge on any atom is 0.409 e. The molecule has 1 rings (SSSR count). The Hall–Kier alpha value is -1.28. The van der Waals surface area contributed by atoms with E-state index in [0.717, 1.165) is 31.9 Å². The molecule has 0 unspecified atom stereocenters. The second-order valence-electron chi connectivity index (χ2n) is 9.97. The average molecular weight is 417 g/mol. The summed E-state index contributed by atoms with van der Waals surface area (Å²) in [5.41, 5.74) is -0.565. The zero-order chi connectivity index (χ0) is 21.4. The standard InChI is InChI=1S/C20H40N2O5Si/c1-20(2,3)27-18(23)21-17(13-16-9-8-10-25-15-16)14-22(4)19(24)26-11-12-28(5,6)7/h16-17H,8-15H2,1-7H3,(H,21,23)/t16-,17+/m1/s1. The van der Waals surface area contributed by atoms with E-state index in [-0.39, 0.29) is 12.1 Å². The number of carbonyl (C=O) groups excluding carboxylic acids is 2. The highest BCUT2D eigenvalue weighted by Gasteiger charge is 2.26. The minimum Gasteiger partial charge on any atom is -0.450 e. The smallest absolute Gasteiger partial charge is 0.409 e. The maximum atomic E-state index is 12.3. The molecule has 1 aliphatic heterocycles. The quantitative estimate of drug-likeness (QED) is 0.603. The van der Waals surface area contributed by atoms with Crippen LogP contribution in [0.25, 0.3) is 0 Å². The van der Waals surface area contributed by atoms with Crippen molar-refractivity contribution in [3.05, 3.63) is 0 Å². The molecule has 1 fully saturated rings. The van der Waals surface area contributed by atoms with Gasteiger partial charge in [0, 0.05) is 34.9 Å². The molecule has 28 heavy (non-hydrogen) atoms. The molecule has 1 saturated heterocycles. The highest BCUT2D eigenvalue weighted by atomic mass is 28.3. The minimum atomic E-state index is -1.25. The van der Waals surface area contributed by atoms with Gasteiger partial charge in [0.25, 0.3) is 0 Å². The van der Waals surface area contributed by atoms with Gasteiger partial charge in [-0.2, -0.15) is 0 Å². The Bertz CT molecular complexity index is 496. The van der Waals surface area contributed by atoms with E-state index in [2.05, 4.69) is 25.0 Å². The SMILES string of the molecule is CN(C[C@H](C[C@H]1CCCOC1)NC(=O)OC(C)(C)C)C(=O)OCC[Si](C)(C)C. The molecule has 8 heteroatoms. The number of rotatable bonds is 8. The molecule has 164 valence electrons. The van der Waals surface area contributed by atoms with Gasteiger partial charge < -0.3 is 24.4 Å². The van der Waals surface area contributed by atoms with Gasteiger partial charge in [-0.05, 0) is 52.0 Å². The van der Waals surface area contributed by atoms with Crippen LogP contribution in [-0.4, -0.2) is 70.2 Å². The second kappa shape index (κ2) is 11.0. The van der Waals surface area contributed by atoms with Crippen molar-refractivity contribution in [3.63, 3.8) is 0 Å². The van der Waals surface area contributed by atoms with Gasteiger partial charge in [-0.3, -0.25) is 0 Å². The van der Waals surface area contributed by atoms with Gasteiger partial charge in [-0.1, -0.05) is 19.6 Å². The van der Waals surface area contributed by atoms with E-state index in [4.69, 9.17) is 14.2 Å². The molecule has 2 atom stereocenters. The predicted molar refractivity (Wildman–Crippen MR) is 113 cm³/mol. The highest BCUT2D eigenvalue weighted by molar-refractivity contribution is 6.76. The number of hydrogen-bond donors (Lipinski definition) is 1. The molecule has 7 nitrogen and oxygen atoms in total. The van der Waals surface area contributed by atoms with Gasteiger partial charge in [0.15, 0.2) is 0 Å². The van der Waals surface area contributed by atoms with Gasteiger partial charge in [-0.15, -0.1) is 0 Å². The molecule has 1 heterocycles. The summed E-state index contributed by atoms with van der Waals surface area (Å²) in [6.45, 7) is 14.5. The van der Waals surface area contributed by atoms with Crippen LogP contribution in [0.2, 0.25) is 25.7 Å². The molecular weight excluding hydrogens is 376 g/mol. The molecule has 1 N–H and O–H groups in total. The summed E-state index contributed by atoms with van der Waals surface area (Å²) >= 11 is 0. The first-order valence-corrected chi connectivity index (χ1v) is 14.0. The molecule has 0 aromatic carbocycles. The van der Waals surface area contributed by atoms with Gasteiger partial charge >= 0.3 is 12.2 Å². The van der Waals surface area contributed by atoms with Crippen molar-refractivity contribution in [2.75, 3.05) is 33.4 Å². The van der Waals surface area contributed by atoms with Crippen LogP contribution in [-0.2, 0) is 14.2 Å². The summed E-state index contributed by atoms with van der Waals surface area (Å²) in [4.78, 5) is 26.1. The van der Waals surface area contributed by atoms with Crippen molar-refractivity contribution >= 4 is 20.3 Å². The normalized spacial score (nSPS) is 18.9. The second-order valence-corrected chi connectivity index (χ2v) is 15.6. The first-order valence-electron chi connectivity index (χ1n) is 10.3. The number of nitrogens with one attached hydrogen (secondary N) is 1. The van der Waals surface area contributed by atoms with E-state index >= 15 is 0 Å². The zero-order valence-corrected chi connectivity index (χ0v) is 19.8. The lowest BCUT2D eigenvalue weighted by Gasteiger charge is -2.30. The monoisotopic (exact) mass is 416 g/mol. The fourth-order valence-electron chi connectivity index (χ4n) is 3.01. The van der Waals surface area contributed by atoms with Crippen LogP contribution in [0.3, 0.4) is 0 Å². The molecule has 0 saturated carbocycles. The number of carbonyl (C=O) groups is 2. The van der Waals surface area contributed by atoms with Crippen molar-refractivity contribution in [1.29, 1.82) is 0 Å². The number of hydrogen-bond acceptors (Lipinski definition) is 5. The molecule has 0 spiro atoms. The van der Waals surface area contributed by atoms with E-state index in [1.807, 2.05) is 20.8 Å². The van der Waals surface area contributed by atoms with Crippen LogP contribution < -0.4 is 5.32 Å². The van der Waals surface area contributed by atoms with E-state index in [1.54, 1.807) is 7.05 Å². The van der Waals surface area contributed by atoms with E-state index < -0.39 is 19.8 Å². The van der Waals surface area contributed by atoms with Gasteiger partial charge in [0.2, 0.25) is 0 Å². The van der Waals surface area contributed by atoms with Crippen molar-refractivity contribution in [3.8, 4) is 0 Å².